The van der Waals surface area contributed by atoms with E-state index >= 15 is 0 Å². The van der Waals surface area contributed by atoms with Crippen LogP contribution >= 0.6 is 11.8 Å². The Hall–Kier alpha value is -0.710. The number of rotatable bonds is 4. The van der Waals surface area contributed by atoms with Crippen LogP contribution in [-0.4, -0.2) is 35.9 Å². The van der Waals surface area contributed by atoms with Gasteiger partial charge in [-0.05, 0) is 12.7 Å². The molecule has 0 bridgehead atoms. The van der Waals surface area contributed by atoms with E-state index in [-0.39, 0.29) is 23.9 Å². The molecule has 0 spiro atoms. The van der Waals surface area contributed by atoms with Crippen molar-refractivity contribution in [2.45, 2.75) is 31.8 Å². The fourth-order valence-corrected chi connectivity index (χ4v) is 2.02. The minimum atomic E-state index is -0.356. The Morgan fingerprint density at radius 1 is 1.21 bits per heavy atom. The molecular weight excluding hydrogens is 200 g/mol. The number of hydrogen-bond donors (Lipinski definition) is 2. The van der Waals surface area contributed by atoms with Gasteiger partial charge in [0, 0.05) is 5.75 Å². The average molecular weight is 216 g/mol. The molecule has 0 aliphatic carbocycles. The highest BCUT2D eigenvalue weighted by atomic mass is 32.2. The molecule has 1 rings (SSSR count). The summed E-state index contributed by atoms with van der Waals surface area (Å²) < 4.78 is 0. The molecule has 5 heteroatoms. The lowest BCUT2D eigenvalue weighted by molar-refractivity contribution is -0.136. The summed E-state index contributed by atoms with van der Waals surface area (Å²) in [7, 11) is 0. The summed E-state index contributed by atoms with van der Waals surface area (Å²) in [6.45, 7) is 1.99. The second-order valence-electron chi connectivity index (χ2n) is 3.37. The van der Waals surface area contributed by atoms with Gasteiger partial charge in [-0.25, -0.2) is 0 Å². The number of hydrogen-bond acceptors (Lipinski definition) is 3. The normalized spacial score (nSPS) is 27.0. The van der Waals surface area contributed by atoms with Gasteiger partial charge in [0.15, 0.2) is 0 Å². The first kappa shape index (κ1) is 11.4. The Morgan fingerprint density at radius 2 is 1.79 bits per heavy atom. The second kappa shape index (κ2) is 5.24. The Labute approximate surface area is 88.2 Å². The summed E-state index contributed by atoms with van der Waals surface area (Å²) in [5.74, 6) is 0.527. The van der Waals surface area contributed by atoms with Crippen LogP contribution in [0.2, 0.25) is 0 Å². The van der Waals surface area contributed by atoms with Crippen molar-refractivity contribution in [3.63, 3.8) is 0 Å². The summed E-state index contributed by atoms with van der Waals surface area (Å²) in [6.07, 6.45) is 3.52. The molecule has 80 valence electrons. The highest BCUT2D eigenvalue weighted by Gasteiger charge is 2.32. The minimum Gasteiger partial charge on any atom is -0.342 e. The number of piperazine rings is 1. The van der Waals surface area contributed by atoms with Gasteiger partial charge in [0.2, 0.25) is 11.8 Å². The van der Waals surface area contributed by atoms with Crippen LogP contribution in [0.5, 0.6) is 0 Å². The quantitative estimate of drug-likeness (QED) is 0.702. The molecule has 1 heterocycles. The van der Waals surface area contributed by atoms with E-state index in [1.807, 2.05) is 13.2 Å². The summed E-state index contributed by atoms with van der Waals surface area (Å²) in [5.41, 5.74) is 0. The topological polar surface area (TPSA) is 58.2 Å². The maximum Gasteiger partial charge on any atom is 0.244 e. The van der Waals surface area contributed by atoms with Crippen LogP contribution in [-0.2, 0) is 9.59 Å². The predicted octanol–water partition coefficient (Wildman–Crippen LogP) is 0.133. The summed E-state index contributed by atoms with van der Waals surface area (Å²) in [6, 6.07) is -0.684. The van der Waals surface area contributed by atoms with Crippen LogP contribution in [0.4, 0.5) is 0 Å². The van der Waals surface area contributed by atoms with Crippen molar-refractivity contribution in [3.8, 4) is 0 Å². The first-order valence-electron chi connectivity index (χ1n) is 4.78. The van der Waals surface area contributed by atoms with E-state index in [0.717, 1.165) is 6.42 Å². The maximum absolute atomic E-state index is 11.5. The largest absolute Gasteiger partial charge is 0.342 e. The zero-order valence-electron chi connectivity index (χ0n) is 8.50. The minimum absolute atomic E-state index is 0.0505. The zero-order chi connectivity index (χ0) is 10.6. The van der Waals surface area contributed by atoms with Gasteiger partial charge in [-0.2, -0.15) is 11.8 Å². The van der Waals surface area contributed by atoms with Crippen molar-refractivity contribution in [2.75, 3.05) is 12.0 Å². The fourth-order valence-electron chi connectivity index (χ4n) is 1.45. The lowest BCUT2D eigenvalue weighted by Crippen LogP contribution is -2.62. The Bertz CT molecular complexity index is 209. The van der Waals surface area contributed by atoms with Crippen molar-refractivity contribution in [1.82, 2.24) is 10.6 Å². The molecule has 0 aromatic rings. The van der Waals surface area contributed by atoms with E-state index in [4.69, 9.17) is 0 Å². The SMILES string of the molecule is CCCC1NC(=O)[C@H](CSC)NC1=O. The lowest BCUT2D eigenvalue weighted by atomic mass is 10.1. The van der Waals surface area contributed by atoms with Crippen LogP contribution in [0, 0.1) is 0 Å². The molecule has 1 aliphatic heterocycles. The first-order chi connectivity index (χ1) is 6.69. The fraction of sp³-hybridized carbons (Fsp3) is 0.778. The van der Waals surface area contributed by atoms with Crippen LogP contribution in [0.25, 0.3) is 0 Å². The Balaban J connectivity index is 2.53. The van der Waals surface area contributed by atoms with E-state index in [0.29, 0.717) is 12.2 Å². The van der Waals surface area contributed by atoms with Crippen molar-refractivity contribution in [3.05, 3.63) is 0 Å². The molecule has 0 aromatic heterocycles. The van der Waals surface area contributed by atoms with Crippen LogP contribution in [0.1, 0.15) is 19.8 Å². The average Bonchev–Trinajstić information content (AvgIpc) is 2.14. The molecule has 0 saturated carbocycles. The Morgan fingerprint density at radius 3 is 2.36 bits per heavy atom. The summed E-state index contributed by atoms with van der Waals surface area (Å²) in [5, 5.41) is 5.47. The third kappa shape index (κ3) is 2.64. The van der Waals surface area contributed by atoms with Gasteiger partial charge in [0.1, 0.15) is 12.1 Å². The van der Waals surface area contributed by atoms with Gasteiger partial charge < -0.3 is 10.6 Å². The lowest BCUT2D eigenvalue weighted by Gasteiger charge is -2.28. The molecular formula is C9H16N2O2S. The van der Waals surface area contributed by atoms with Crippen molar-refractivity contribution < 1.29 is 9.59 Å². The van der Waals surface area contributed by atoms with Crippen LogP contribution in [0.3, 0.4) is 0 Å². The molecule has 2 amide bonds. The van der Waals surface area contributed by atoms with Gasteiger partial charge >= 0.3 is 0 Å². The third-order valence-corrected chi connectivity index (χ3v) is 2.84. The summed E-state index contributed by atoms with van der Waals surface area (Å²) >= 11 is 1.55. The van der Waals surface area contributed by atoms with Gasteiger partial charge in [-0.3, -0.25) is 9.59 Å². The Kier molecular flexibility index (Phi) is 4.25. The van der Waals surface area contributed by atoms with E-state index in [1.165, 1.54) is 0 Å². The smallest absolute Gasteiger partial charge is 0.244 e. The van der Waals surface area contributed by atoms with Gasteiger partial charge in [0.25, 0.3) is 0 Å². The van der Waals surface area contributed by atoms with E-state index in [9.17, 15) is 9.59 Å². The number of carbonyl (C=O) groups excluding carboxylic acids is 2. The number of thioether (sulfide) groups is 1. The number of amides is 2. The molecule has 4 nitrogen and oxygen atoms in total. The molecule has 2 N–H and O–H groups in total. The molecule has 1 unspecified atom stereocenters. The second-order valence-corrected chi connectivity index (χ2v) is 4.28. The molecule has 1 fully saturated rings. The standard InChI is InChI=1S/C9H16N2O2S/c1-3-4-6-8(12)11-7(5-14-2)9(13)10-6/h6-7H,3-5H2,1-2H3,(H,10,13)(H,11,12)/t6?,7-/m0/s1. The highest BCUT2D eigenvalue weighted by molar-refractivity contribution is 7.98. The molecule has 14 heavy (non-hydrogen) atoms. The van der Waals surface area contributed by atoms with Crippen LogP contribution in [0.15, 0.2) is 0 Å². The molecule has 2 atom stereocenters. The summed E-state index contributed by atoms with van der Waals surface area (Å²) in [4.78, 5) is 23.0. The van der Waals surface area contributed by atoms with Crippen LogP contribution < -0.4 is 10.6 Å². The van der Waals surface area contributed by atoms with E-state index in [2.05, 4.69) is 10.6 Å². The molecule has 1 aliphatic rings. The zero-order valence-corrected chi connectivity index (χ0v) is 9.32. The number of carbonyl (C=O) groups is 2. The maximum atomic E-state index is 11.5. The molecule has 0 radical (unpaired) electrons. The highest BCUT2D eigenvalue weighted by Crippen LogP contribution is 2.06. The predicted molar refractivity (Wildman–Crippen MR) is 57.2 cm³/mol. The van der Waals surface area contributed by atoms with Gasteiger partial charge in [0.05, 0.1) is 0 Å². The van der Waals surface area contributed by atoms with Crippen molar-refractivity contribution >= 4 is 23.6 Å². The van der Waals surface area contributed by atoms with Crippen molar-refractivity contribution in [1.29, 1.82) is 0 Å². The first-order valence-corrected chi connectivity index (χ1v) is 6.18. The molecule has 0 aromatic carbocycles. The molecule has 1 saturated heterocycles. The monoisotopic (exact) mass is 216 g/mol. The third-order valence-electron chi connectivity index (χ3n) is 2.18. The van der Waals surface area contributed by atoms with Gasteiger partial charge in [-0.1, -0.05) is 13.3 Å². The van der Waals surface area contributed by atoms with E-state index < -0.39 is 0 Å². The van der Waals surface area contributed by atoms with Gasteiger partial charge in [-0.15, -0.1) is 0 Å². The van der Waals surface area contributed by atoms with Crippen molar-refractivity contribution in [2.24, 2.45) is 0 Å². The van der Waals surface area contributed by atoms with E-state index in [1.54, 1.807) is 11.8 Å². The number of nitrogens with one attached hydrogen (secondary N) is 2.